The summed E-state index contributed by atoms with van der Waals surface area (Å²) >= 11 is 0. The molecule has 0 aliphatic carbocycles. The maximum atomic E-state index is 4.65. The summed E-state index contributed by atoms with van der Waals surface area (Å²) in [5.41, 5.74) is 1.89. The van der Waals surface area contributed by atoms with E-state index in [1.165, 1.54) is 0 Å². The van der Waals surface area contributed by atoms with Crippen LogP contribution in [0.5, 0.6) is 0 Å². The van der Waals surface area contributed by atoms with Crippen LogP contribution in [-0.4, -0.2) is 15.0 Å². The van der Waals surface area contributed by atoms with Crippen molar-refractivity contribution < 1.29 is 0 Å². The van der Waals surface area contributed by atoms with Gasteiger partial charge in [0.15, 0.2) is 0 Å². The van der Waals surface area contributed by atoms with Crippen molar-refractivity contribution in [1.82, 2.24) is 15.0 Å². The first-order valence-corrected chi connectivity index (χ1v) is 6.07. The van der Waals surface area contributed by atoms with Crippen molar-refractivity contribution >= 4 is 21.8 Å². The number of nitrogens with zero attached hydrogens (tertiary/aromatic N) is 3. The van der Waals surface area contributed by atoms with E-state index in [2.05, 4.69) is 47.9 Å². The number of pyridine rings is 1. The van der Waals surface area contributed by atoms with Crippen molar-refractivity contribution in [3.8, 4) is 0 Å². The van der Waals surface area contributed by atoms with Crippen molar-refractivity contribution in [3.63, 3.8) is 0 Å². The Morgan fingerprint density at radius 2 is 1.83 bits per heavy atom. The highest BCUT2D eigenvalue weighted by atomic mass is 14.9. The van der Waals surface area contributed by atoms with Gasteiger partial charge in [-0.2, -0.15) is 0 Å². The van der Waals surface area contributed by atoms with E-state index in [1.54, 1.807) is 6.20 Å². The third-order valence-electron chi connectivity index (χ3n) is 3.00. The zero-order valence-corrected chi connectivity index (χ0v) is 10.8. The molecule has 0 aliphatic rings. The Labute approximate surface area is 106 Å². The Morgan fingerprint density at radius 1 is 1.00 bits per heavy atom. The summed E-state index contributed by atoms with van der Waals surface area (Å²) in [5.74, 6) is 0.866. The molecule has 0 saturated heterocycles. The van der Waals surface area contributed by atoms with E-state index in [0.717, 1.165) is 27.6 Å². The molecule has 3 nitrogen and oxygen atoms in total. The molecule has 3 heteroatoms. The smallest absolute Gasteiger partial charge is 0.134 e. The third-order valence-corrected chi connectivity index (χ3v) is 3.00. The van der Waals surface area contributed by atoms with Crippen LogP contribution in [0, 0.1) is 0 Å². The normalized spacial score (nSPS) is 12.2. The molecule has 0 spiro atoms. The minimum Gasteiger partial charge on any atom is -0.255 e. The van der Waals surface area contributed by atoms with Crippen LogP contribution >= 0.6 is 0 Å². The fourth-order valence-electron chi connectivity index (χ4n) is 2.01. The molecular formula is C15H15N3. The van der Waals surface area contributed by atoms with E-state index < -0.39 is 0 Å². The highest BCUT2D eigenvalue weighted by Gasteiger charge is 2.17. The molecule has 0 radical (unpaired) electrons. The average Bonchev–Trinajstić information content (AvgIpc) is 2.37. The Balaban J connectivity index is 2.35. The summed E-state index contributed by atoms with van der Waals surface area (Å²) in [4.78, 5) is 13.5. The minimum absolute atomic E-state index is 0.0345. The molecule has 0 N–H and O–H groups in total. The molecule has 2 aromatic heterocycles. The molecule has 1 aromatic carbocycles. The Hall–Kier alpha value is -2.03. The number of aromatic nitrogens is 3. The maximum Gasteiger partial charge on any atom is 0.134 e. The van der Waals surface area contributed by atoms with E-state index in [9.17, 15) is 0 Å². The average molecular weight is 237 g/mol. The first kappa shape index (κ1) is 11.1. The molecule has 0 amide bonds. The van der Waals surface area contributed by atoms with Crippen molar-refractivity contribution in [2.24, 2.45) is 0 Å². The lowest BCUT2D eigenvalue weighted by Crippen LogP contribution is -2.15. The molecule has 18 heavy (non-hydrogen) atoms. The molecular weight excluding hydrogens is 222 g/mol. The summed E-state index contributed by atoms with van der Waals surface area (Å²) in [5, 5.41) is 2.14. The largest absolute Gasteiger partial charge is 0.255 e. The van der Waals surface area contributed by atoms with Gasteiger partial charge in [-0.25, -0.2) is 9.97 Å². The lowest BCUT2D eigenvalue weighted by molar-refractivity contribution is 0.548. The van der Waals surface area contributed by atoms with E-state index in [4.69, 9.17) is 0 Å². The van der Waals surface area contributed by atoms with Crippen molar-refractivity contribution in [3.05, 3.63) is 42.5 Å². The van der Waals surface area contributed by atoms with E-state index in [-0.39, 0.29) is 5.41 Å². The Kier molecular flexibility index (Phi) is 2.30. The molecule has 3 rings (SSSR count). The van der Waals surface area contributed by atoms with Gasteiger partial charge in [0.2, 0.25) is 0 Å². The number of fused-ring (bicyclic) bond motifs is 3. The van der Waals surface area contributed by atoms with Gasteiger partial charge in [-0.1, -0.05) is 32.9 Å². The topological polar surface area (TPSA) is 38.7 Å². The van der Waals surface area contributed by atoms with Crippen LogP contribution in [0.3, 0.4) is 0 Å². The van der Waals surface area contributed by atoms with E-state index in [1.807, 2.05) is 18.3 Å². The Bertz CT molecular complexity index is 726. The van der Waals surface area contributed by atoms with Crippen LogP contribution in [0.25, 0.3) is 21.8 Å². The molecule has 0 saturated carbocycles. The molecule has 0 aliphatic heterocycles. The summed E-state index contributed by atoms with van der Waals surface area (Å²) in [6.45, 7) is 6.36. The van der Waals surface area contributed by atoms with Crippen molar-refractivity contribution in [2.45, 2.75) is 26.2 Å². The molecule has 0 fully saturated rings. The SMILES string of the molecule is CC(C)(C)c1ncc2c(ccc3cccnc32)n1. The number of hydrogen-bond acceptors (Lipinski definition) is 3. The van der Waals surface area contributed by atoms with Gasteiger partial charge in [0.1, 0.15) is 5.82 Å². The minimum atomic E-state index is -0.0345. The van der Waals surface area contributed by atoms with Crippen LogP contribution in [0.2, 0.25) is 0 Å². The number of hydrogen-bond donors (Lipinski definition) is 0. The zero-order chi connectivity index (χ0) is 12.8. The predicted molar refractivity (Wildman–Crippen MR) is 73.5 cm³/mol. The highest BCUT2D eigenvalue weighted by Crippen LogP contribution is 2.24. The Morgan fingerprint density at radius 3 is 2.61 bits per heavy atom. The lowest BCUT2D eigenvalue weighted by atomic mass is 9.95. The van der Waals surface area contributed by atoms with Crippen molar-refractivity contribution in [2.75, 3.05) is 0 Å². The number of rotatable bonds is 0. The van der Waals surface area contributed by atoms with Crippen LogP contribution in [0.1, 0.15) is 26.6 Å². The lowest BCUT2D eigenvalue weighted by Gasteiger charge is -2.16. The van der Waals surface area contributed by atoms with Crippen LogP contribution in [0.4, 0.5) is 0 Å². The van der Waals surface area contributed by atoms with Gasteiger partial charge in [0.05, 0.1) is 11.0 Å². The monoisotopic (exact) mass is 237 g/mol. The van der Waals surface area contributed by atoms with Gasteiger partial charge in [-0.3, -0.25) is 4.98 Å². The summed E-state index contributed by atoms with van der Waals surface area (Å²) in [7, 11) is 0. The van der Waals surface area contributed by atoms with Gasteiger partial charge in [0, 0.05) is 28.6 Å². The van der Waals surface area contributed by atoms with E-state index in [0.29, 0.717) is 0 Å². The predicted octanol–water partition coefficient (Wildman–Crippen LogP) is 3.48. The molecule has 0 atom stereocenters. The molecule has 90 valence electrons. The van der Waals surface area contributed by atoms with E-state index >= 15 is 0 Å². The second kappa shape index (κ2) is 3.73. The van der Waals surface area contributed by atoms with Crippen LogP contribution < -0.4 is 0 Å². The number of benzene rings is 1. The standard InChI is InChI=1S/C15H15N3/c1-15(2,3)14-17-9-11-12(18-14)7-6-10-5-4-8-16-13(10)11/h4-9H,1-3H3. The summed E-state index contributed by atoms with van der Waals surface area (Å²) in [6.07, 6.45) is 3.69. The summed E-state index contributed by atoms with van der Waals surface area (Å²) < 4.78 is 0. The highest BCUT2D eigenvalue weighted by molar-refractivity contribution is 6.03. The molecule has 3 aromatic rings. The van der Waals surface area contributed by atoms with Crippen molar-refractivity contribution in [1.29, 1.82) is 0 Å². The zero-order valence-electron chi connectivity index (χ0n) is 10.8. The quantitative estimate of drug-likeness (QED) is 0.562. The van der Waals surface area contributed by atoms with Crippen LogP contribution in [-0.2, 0) is 5.41 Å². The maximum absolute atomic E-state index is 4.65. The second-order valence-corrected chi connectivity index (χ2v) is 5.52. The fraction of sp³-hybridized carbons (Fsp3) is 0.267. The first-order chi connectivity index (χ1) is 8.55. The van der Waals surface area contributed by atoms with Gasteiger partial charge in [-0.15, -0.1) is 0 Å². The molecule has 2 heterocycles. The third kappa shape index (κ3) is 1.72. The molecule has 0 unspecified atom stereocenters. The van der Waals surface area contributed by atoms with Gasteiger partial charge in [-0.05, 0) is 12.1 Å². The van der Waals surface area contributed by atoms with Gasteiger partial charge >= 0.3 is 0 Å². The fourth-order valence-corrected chi connectivity index (χ4v) is 2.01. The first-order valence-electron chi connectivity index (χ1n) is 6.07. The van der Waals surface area contributed by atoms with Gasteiger partial charge in [0.25, 0.3) is 0 Å². The summed E-state index contributed by atoms with van der Waals surface area (Å²) in [6, 6.07) is 8.10. The second-order valence-electron chi connectivity index (χ2n) is 5.52. The van der Waals surface area contributed by atoms with Gasteiger partial charge < -0.3 is 0 Å². The van der Waals surface area contributed by atoms with Crippen LogP contribution in [0.15, 0.2) is 36.7 Å². The molecule has 0 bridgehead atoms.